The first kappa shape index (κ1) is 15.4. The maximum Gasteiger partial charge on any atom is 0.151 e. The molecule has 8 nitrogen and oxygen atoms in total. The van der Waals surface area contributed by atoms with Gasteiger partial charge in [-0.25, -0.2) is 0 Å². The van der Waals surface area contributed by atoms with Gasteiger partial charge >= 0.3 is 0 Å². The van der Waals surface area contributed by atoms with Crippen molar-refractivity contribution in [1.82, 2.24) is 0 Å². The van der Waals surface area contributed by atoms with Crippen LogP contribution in [-0.2, 0) is 4.79 Å². The minimum atomic E-state index is -2.05. The summed E-state index contributed by atoms with van der Waals surface area (Å²) in [7, 11) is 0. The third-order valence-corrected chi connectivity index (χ3v) is 2.12. The van der Waals surface area contributed by atoms with Crippen molar-refractivity contribution in [1.29, 1.82) is 0 Å². The molecule has 0 aromatic heterocycles. The monoisotopic (exact) mass is 240 g/mol. The van der Waals surface area contributed by atoms with Gasteiger partial charge in [0.05, 0.1) is 6.61 Å². The Hall–Kier alpha value is -0.610. The minimum absolute atomic E-state index is 0.0601. The number of rotatable bonds is 7. The van der Waals surface area contributed by atoms with Crippen molar-refractivity contribution >= 4 is 6.29 Å². The standard InChI is InChI=1S/C8H16O8/c9-1-3(11)5(13)7(15)8(16)6(14)4(12)2-10/h1,3-8,10-16H,2H2/t3-,4+,5-,6-,7-,8+/m1/s1. The second-order valence-electron chi connectivity index (χ2n) is 3.34. The SMILES string of the molecule is O=C[C@@H](O)[C@@H](O)[C@@H](O)[C@@H](O)[C@H](O)[C@@H](O)CO. The zero-order valence-electron chi connectivity index (χ0n) is 8.29. The van der Waals surface area contributed by atoms with E-state index in [-0.39, 0.29) is 6.29 Å². The van der Waals surface area contributed by atoms with Crippen LogP contribution >= 0.6 is 0 Å². The van der Waals surface area contributed by atoms with Gasteiger partial charge in [0.2, 0.25) is 0 Å². The largest absolute Gasteiger partial charge is 0.394 e. The number of aliphatic hydroxyl groups is 7. The molecule has 8 heteroatoms. The van der Waals surface area contributed by atoms with E-state index in [0.29, 0.717) is 0 Å². The predicted octanol–water partition coefficient (Wildman–Crippen LogP) is -4.66. The smallest absolute Gasteiger partial charge is 0.151 e. The fraction of sp³-hybridized carbons (Fsp3) is 0.875. The molecule has 0 aliphatic rings. The van der Waals surface area contributed by atoms with Crippen LogP contribution in [0.1, 0.15) is 0 Å². The Balaban J connectivity index is 4.47. The molecule has 7 N–H and O–H groups in total. The van der Waals surface area contributed by atoms with E-state index in [9.17, 15) is 15.0 Å². The van der Waals surface area contributed by atoms with Crippen LogP contribution < -0.4 is 0 Å². The molecule has 0 bridgehead atoms. The predicted molar refractivity (Wildman–Crippen MR) is 49.2 cm³/mol. The van der Waals surface area contributed by atoms with Crippen LogP contribution in [0.15, 0.2) is 0 Å². The van der Waals surface area contributed by atoms with Crippen LogP contribution in [-0.4, -0.2) is 85.3 Å². The van der Waals surface area contributed by atoms with E-state index in [1.165, 1.54) is 0 Å². The van der Waals surface area contributed by atoms with Crippen molar-refractivity contribution in [2.75, 3.05) is 6.61 Å². The molecular formula is C8H16O8. The molecular weight excluding hydrogens is 224 g/mol. The first-order chi connectivity index (χ1) is 7.36. The molecule has 0 heterocycles. The van der Waals surface area contributed by atoms with Crippen LogP contribution in [0.5, 0.6) is 0 Å². The van der Waals surface area contributed by atoms with Gasteiger partial charge in [-0.2, -0.15) is 0 Å². The number of hydrogen-bond donors (Lipinski definition) is 7. The Kier molecular flexibility index (Phi) is 6.60. The summed E-state index contributed by atoms with van der Waals surface area (Å²) >= 11 is 0. The van der Waals surface area contributed by atoms with Crippen molar-refractivity contribution < 1.29 is 40.5 Å². The second kappa shape index (κ2) is 6.86. The van der Waals surface area contributed by atoms with E-state index >= 15 is 0 Å². The van der Waals surface area contributed by atoms with Gasteiger partial charge in [0.15, 0.2) is 6.29 Å². The molecule has 0 saturated heterocycles. The maximum atomic E-state index is 10.1. The number of aliphatic hydroxyl groups excluding tert-OH is 7. The second-order valence-corrected chi connectivity index (χ2v) is 3.34. The molecule has 0 amide bonds. The fourth-order valence-electron chi connectivity index (χ4n) is 1.02. The van der Waals surface area contributed by atoms with E-state index in [1.54, 1.807) is 0 Å². The highest BCUT2D eigenvalue weighted by Crippen LogP contribution is 2.10. The molecule has 0 spiro atoms. The Morgan fingerprint density at radius 2 is 1.25 bits per heavy atom. The van der Waals surface area contributed by atoms with Crippen LogP contribution in [0.3, 0.4) is 0 Å². The highest BCUT2D eigenvalue weighted by molar-refractivity contribution is 5.56. The average molecular weight is 240 g/mol. The van der Waals surface area contributed by atoms with E-state index in [1.807, 2.05) is 0 Å². The fourth-order valence-corrected chi connectivity index (χ4v) is 1.02. The Morgan fingerprint density at radius 1 is 0.812 bits per heavy atom. The first-order valence-corrected chi connectivity index (χ1v) is 4.51. The Labute approximate surface area is 91.0 Å². The third kappa shape index (κ3) is 3.76. The average Bonchev–Trinajstić information content (AvgIpc) is 2.32. The minimum Gasteiger partial charge on any atom is -0.394 e. The van der Waals surface area contributed by atoms with Gasteiger partial charge in [0.25, 0.3) is 0 Å². The van der Waals surface area contributed by atoms with Gasteiger partial charge < -0.3 is 40.5 Å². The van der Waals surface area contributed by atoms with E-state index < -0.39 is 43.2 Å². The summed E-state index contributed by atoms with van der Waals surface area (Å²) in [5.41, 5.74) is 0. The van der Waals surface area contributed by atoms with Crippen molar-refractivity contribution in [2.45, 2.75) is 36.6 Å². The summed E-state index contributed by atoms with van der Waals surface area (Å²) < 4.78 is 0. The molecule has 0 rings (SSSR count). The molecule has 0 saturated carbocycles. The summed E-state index contributed by atoms with van der Waals surface area (Å²) in [6.07, 6.45) is -11.7. The van der Waals surface area contributed by atoms with Crippen molar-refractivity contribution in [2.24, 2.45) is 0 Å². The summed E-state index contributed by atoms with van der Waals surface area (Å²) in [5, 5.41) is 63.0. The lowest BCUT2D eigenvalue weighted by Gasteiger charge is -2.29. The normalized spacial score (nSPS) is 22.9. The molecule has 0 aromatic rings. The van der Waals surface area contributed by atoms with Gasteiger partial charge in [0, 0.05) is 0 Å². The molecule has 6 atom stereocenters. The van der Waals surface area contributed by atoms with Crippen molar-refractivity contribution in [3.05, 3.63) is 0 Å². The number of carbonyl (C=O) groups is 1. The van der Waals surface area contributed by atoms with Crippen molar-refractivity contribution in [3.63, 3.8) is 0 Å². The molecule has 16 heavy (non-hydrogen) atoms. The van der Waals surface area contributed by atoms with Crippen LogP contribution in [0.4, 0.5) is 0 Å². The summed E-state index contributed by atoms with van der Waals surface area (Å²) in [5.74, 6) is 0. The lowest BCUT2D eigenvalue weighted by molar-refractivity contribution is -0.159. The summed E-state index contributed by atoms with van der Waals surface area (Å²) in [6.45, 7) is -0.864. The molecule has 0 radical (unpaired) electrons. The molecule has 0 fully saturated rings. The van der Waals surface area contributed by atoms with Gasteiger partial charge in [-0.1, -0.05) is 0 Å². The lowest BCUT2D eigenvalue weighted by atomic mass is 9.97. The van der Waals surface area contributed by atoms with E-state index in [0.717, 1.165) is 0 Å². The van der Waals surface area contributed by atoms with Crippen LogP contribution in [0.25, 0.3) is 0 Å². The van der Waals surface area contributed by atoms with E-state index in [4.69, 9.17) is 25.5 Å². The quantitative estimate of drug-likeness (QED) is 0.219. The molecule has 0 aliphatic heterocycles. The molecule has 0 unspecified atom stereocenters. The first-order valence-electron chi connectivity index (χ1n) is 4.51. The molecule has 96 valence electrons. The Morgan fingerprint density at radius 3 is 1.62 bits per heavy atom. The Bertz CT molecular complexity index is 210. The molecule has 0 aromatic carbocycles. The van der Waals surface area contributed by atoms with E-state index in [2.05, 4.69) is 0 Å². The number of hydrogen-bond acceptors (Lipinski definition) is 8. The molecule has 0 aliphatic carbocycles. The maximum absolute atomic E-state index is 10.1. The van der Waals surface area contributed by atoms with Crippen LogP contribution in [0, 0.1) is 0 Å². The lowest BCUT2D eigenvalue weighted by Crippen LogP contribution is -2.53. The zero-order chi connectivity index (χ0) is 12.9. The summed E-state index contributed by atoms with van der Waals surface area (Å²) in [4.78, 5) is 10.1. The van der Waals surface area contributed by atoms with Gasteiger partial charge in [-0.05, 0) is 0 Å². The van der Waals surface area contributed by atoms with Gasteiger partial charge in [0.1, 0.15) is 36.6 Å². The van der Waals surface area contributed by atoms with Gasteiger partial charge in [-0.15, -0.1) is 0 Å². The number of aldehydes is 1. The highest BCUT2D eigenvalue weighted by Gasteiger charge is 2.36. The third-order valence-electron chi connectivity index (χ3n) is 2.12. The highest BCUT2D eigenvalue weighted by atomic mass is 16.4. The topological polar surface area (TPSA) is 159 Å². The number of carbonyl (C=O) groups excluding carboxylic acids is 1. The van der Waals surface area contributed by atoms with Gasteiger partial charge in [-0.3, -0.25) is 0 Å². The zero-order valence-corrected chi connectivity index (χ0v) is 8.29. The van der Waals surface area contributed by atoms with Crippen molar-refractivity contribution in [3.8, 4) is 0 Å². The summed E-state index contributed by atoms with van der Waals surface area (Å²) in [6, 6.07) is 0. The van der Waals surface area contributed by atoms with Crippen LogP contribution in [0.2, 0.25) is 0 Å².